The van der Waals surface area contributed by atoms with Crippen molar-refractivity contribution in [3.63, 3.8) is 0 Å². The van der Waals surface area contributed by atoms with Crippen molar-refractivity contribution in [1.82, 2.24) is 9.55 Å². The largest absolute Gasteiger partial charge is 0.459 e. The van der Waals surface area contributed by atoms with Gasteiger partial charge >= 0.3 is 23.6 Å². The van der Waals surface area contributed by atoms with Gasteiger partial charge in [-0.05, 0) is 48.0 Å². The van der Waals surface area contributed by atoms with Gasteiger partial charge in [0.25, 0.3) is 5.56 Å². The molecule has 3 heterocycles. The molecule has 4 atom stereocenters. The normalized spacial score (nSPS) is 18.4. The molecule has 0 amide bonds. The molecule has 0 bridgehead atoms. The van der Waals surface area contributed by atoms with E-state index in [9.17, 15) is 24.0 Å². The molecule has 7 rings (SSSR count). The minimum Gasteiger partial charge on any atom is -0.459 e. The Balaban J connectivity index is 1.33. The third-order valence-corrected chi connectivity index (χ3v) is 9.28. The van der Waals surface area contributed by atoms with E-state index in [1.165, 1.54) is 15.9 Å². The average molecular weight is 689 g/mol. The van der Waals surface area contributed by atoms with Crippen molar-refractivity contribution in [2.24, 2.45) is 0 Å². The van der Waals surface area contributed by atoms with Gasteiger partial charge in [0.05, 0.1) is 22.2 Å². The van der Waals surface area contributed by atoms with Crippen LogP contribution in [0.5, 0.6) is 0 Å². The van der Waals surface area contributed by atoms with E-state index in [-0.39, 0.29) is 26.9 Å². The van der Waals surface area contributed by atoms with Crippen LogP contribution in [0.2, 0.25) is 0 Å². The summed E-state index contributed by atoms with van der Waals surface area (Å²) in [4.78, 5) is 69.9. The molecule has 11 nitrogen and oxygen atoms in total. The number of carbonyl (C=O) groups excluding carboxylic acids is 3. The summed E-state index contributed by atoms with van der Waals surface area (Å²) in [6, 6.07) is 35.6. The monoisotopic (exact) mass is 688 g/mol. The number of hydrogen-bond donors (Lipinski definition) is 1. The summed E-state index contributed by atoms with van der Waals surface area (Å²) in [5, 5.41) is 0. The van der Waals surface area contributed by atoms with Crippen LogP contribution in [-0.2, 0) is 18.9 Å². The smallest absolute Gasteiger partial charge is 0.338 e. The van der Waals surface area contributed by atoms with E-state index in [1.807, 2.05) is 30.3 Å². The van der Waals surface area contributed by atoms with Crippen LogP contribution in [0.25, 0.3) is 20.7 Å². The number of hydrogen-bond acceptors (Lipinski definition) is 10. The molecule has 50 heavy (non-hydrogen) atoms. The summed E-state index contributed by atoms with van der Waals surface area (Å²) < 4.78 is 25.4. The number of nitrogens with zero attached hydrogens (tertiary/aromatic N) is 1. The van der Waals surface area contributed by atoms with Crippen LogP contribution in [0.15, 0.2) is 137 Å². The second-order valence-electron chi connectivity index (χ2n) is 11.3. The Hall–Kier alpha value is -6.11. The lowest BCUT2D eigenvalue weighted by atomic mass is 10.1. The fourth-order valence-electron chi connectivity index (χ4n) is 5.71. The molecule has 0 saturated carbocycles. The average Bonchev–Trinajstić information content (AvgIpc) is 3.74. The Labute approximate surface area is 288 Å². The molecule has 0 radical (unpaired) electrons. The minimum atomic E-state index is -1.44. The van der Waals surface area contributed by atoms with Gasteiger partial charge in [0, 0.05) is 4.88 Å². The molecule has 6 aromatic rings. The zero-order valence-electron chi connectivity index (χ0n) is 26.2. The van der Waals surface area contributed by atoms with Crippen molar-refractivity contribution in [2.75, 3.05) is 6.61 Å². The summed E-state index contributed by atoms with van der Waals surface area (Å²) in [7, 11) is 0. The first-order chi connectivity index (χ1) is 24.4. The van der Waals surface area contributed by atoms with Gasteiger partial charge in [0.2, 0.25) is 0 Å². The van der Waals surface area contributed by atoms with E-state index in [1.54, 1.807) is 97.1 Å². The van der Waals surface area contributed by atoms with Crippen molar-refractivity contribution < 1.29 is 33.3 Å². The fraction of sp³-hybridized carbons (Fsp3) is 0.132. The van der Waals surface area contributed by atoms with Gasteiger partial charge in [-0.3, -0.25) is 14.3 Å². The van der Waals surface area contributed by atoms with Gasteiger partial charge < -0.3 is 18.9 Å². The first kappa shape index (κ1) is 32.4. The maximum absolute atomic E-state index is 13.7. The van der Waals surface area contributed by atoms with Gasteiger partial charge in [-0.25, -0.2) is 19.2 Å². The van der Waals surface area contributed by atoms with Crippen LogP contribution in [0.4, 0.5) is 0 Å². The number of thiophene rings is 1. The van der Waals surface area contributed by atoms with Gasteiger partial charge in [-0.2, -0.15) is 0 Å². The highest BCUT2D eigenvalue weighted by molar-refractivity contribution is 7.22. The number of benzene rings is 4. The Morgan fingerprint density at radius 2 is 1.18 bits per heavy atom. The molecule has 0 aliphatic carbocycles. The maximum Gasteiger partial charge on any atom is 0.338 e. The molecule has 2 aromatic heterocycles. The highest BCUT2D eigenvalue weighted by atomic mass is 32.1. The lowest BCUT2D eigenvalue weighted by Gasteiger charge is -2.25. The number of ether oxygens (including phenoxy) is 4. The van der Waals surface area contributed by atoms with Crippen molar-refractivity contribution in [1.29, 1.82) is 0 Å². The number of H-pyrrole nitrogens is 1. The number of fused-ring (bicyclic) bond motifs is 1. The fourth-order valence-corrected chi connectivity index (χ4v) is 6.76. The van der Waals surface area contributed by atoms with E-state index in [2.05, 4.69) is 4.98 Å². The van der Waals surface area contributed by atoms with Crippen LogP contribution in [0.1, 0.15) is 37.3 Å². The summed E-state index contributed by atoms with van der Waals surface area (Å²) >= 11 is 1.17. The van der Waals surface area contributed by atoms with Crippen molar-refractivity contribution in [3.8, 4) is 10.4 Å². The third kappa shape index (κ3) is 6.62. The number of nitrogens with one attached hydrogen (secondary N) is 1. The molecule has 1 saturated heterocycles. The molecule has 12 heteroatoms. The van der Waals surface area contributed by atoms with Gasteiger partial charge in [-0.15, -0.1) is 11.3 Å². The highest BCUT2D eigenvalue weighted by Gasteiger charge is 2.52. The quantitative estimate of drug-likeness (QED) is 0.151. The molecule has 0 spiro atoms. The lowest BCUT2D eigenvalue weighted by Crippen LogP contribution is -2.43. The Kier molecular flexibility index (Phi) is 9.19. The van der Waals surface area contributed by atoms with Crippen molar-refractivity contribution >= 4 is 39.5 Å². The van der Waals surface area contributed by atoms with Gasteiger partial charge in [0.15, 0.2) is 18.4 Å². The molecular weight excluding hydrogens is 660 g/mol. The summed E-state index contributed by atoms with van der Waals surface area (Å²) in [6.07, 6.45) is -5.45. The summed E-state index contributed by atoms with van der Waals surface area (Å²) in [5.41, 5.74) is 0.246. The molecule has 1 N–H and O–H groups in total. The Morgan fingerprint density at radius 3 is 1.74 bits per heavy atom. The lowest BCUT2D eigenvalue weighted by molar-refractivity contribution is -0.0620. The van der Waals surface area contributed by atoms with Crippen LogP contribution in [0.3, 0.4) is 0 Å². The zero-order valence-corrected chi connectivity index (χ0v) is 27.0. The number of carbonyl (C=O) groups is 3. The van der Waals surface area contributed by atoms with E-state index in [0.717, 1.165) is 5.56 Å². The second-order valence-corrected chi connectivity index (χ2v) is 12.4. The molecule has 1 aliphatic heterocycles. The first-order valence-electron chi connectivity index (χ1n) is 15.6. The number of aromatic amines is 1. The van der Waals surface area contributed by atoms with Crippen molar-refractivity contribution in [3.05, 3.63) is 165 Å². The highest BCUT2D eigenvalue weighted by Crippen LogP contribution is 2.38. The number of rotatable bonds is 9. The van der Waals surface area contributed by atoms with Crippen LogP contribution < -0.4 is 11.2 Å². The van der Waals surface area contributed by atoms with E-state index >= 15 is 0 Å². The molecule has 0 unspecified atom stereocenters. The third-order valence-electron chi connectivity index (χ3n) is 8.11. The van der Waals surface area contributed by atoms with E-state index < -0.39 is 60.3 Å². The second kappa shape index (κ2) is 14.2. The zero-order chi connectivity index (χ0) is 34.6. The standard InChI is InChI=1S/C38H28N2O9S/c41-33-32-27(21-29(50-32)23-13-5-1-6-14-23)40(38(45)39-33)34-31(49-37(44)26-19-11-4-12-20-26)30(48-36(43)25-17-9-3-10-18-25)28(47-34)22-46-35(42)24-15-7-2-8-16-24/h1-21,28,30-31,34H,22H2,(H,39,41,45)/t28-,30-,31-,34-/m1/s1. The predicted octanol–water partition coefficient (Wildman–Crippen LogP) is 5.62. The topological polar surface area (TPSA) is 143 Å². The van der Waals surface area contributed by atoms with Gasteiger partial charge in [-0.1, -0.05) is 84.9 Å². The maximum atomic E-state index is 13.7. The Bertz CT molecular complexity index is 2270. The van der Waals surface area contributed by atoms with E-state index in [4.69, 9.17) is 18.9 Å². The molecule has 1 aliphatic rings. The molecule has 4 aromatic carbocycles. The predicted molar refractivity (Wildman–Crippen MR) is 184 cm³/mol. The van der Waals surface area contributed by atoms with Crippen molar-refractivity contribution in [2.45, 2.75) is 24.5 Å². The molecule has 250 valence electrons. The SMILES string of the molecule is O=C(OC[C@H]1O[C@@H](n2c(=O)[nH]c(=O)c3sc(-c4ccccc4)cc32)[C@H](OC(=O)c2ccccc2)[C@@H]1OC(=O)c1ccccc1)c1ccccc1. The first-order valence-corrected chi connectivity index (χ1v) is 16.4. The van der Waals surface area contributed by atoms with Crippen LogP contribution >= 0.6 is 11.3 Å². The summed E-state index contributed by atoms with van der Waals surface area (Å²) in [6.45, 7) is -0.434. The molecule has 1 fully saturated rings. The van der Waals surface area contributed by atoms with Crippen LogP contribution in [0, 0.1) is 0 Å². The van der Waals surface area contributed by atoms with Gasteiger partial charge in [0.1, 0.15) is 17.4 Å². The van der Waals surface area contributed by atoms with E-state index in [0.29, 0.717) is 4.88 Å². The number of aromatic nitrogens is 2. The van der Waals surface area contributed by atoms with Crippen LogP contribution in [-0.4, -0.2) is 52.4 Å². The minimum absolute atomic E-state index is 0.194. The summed E-state index contributed by atoms with van der Waals surface area (Å²) in [5.74, 6) is -2.21. The Morgan fingerprint density at radius 1 is 0.680 bits per heavy atom. The number of esters is 3. The molecular formula is C38H28N2O9S.